The van der Waals surface area contributed by atoms with E-state index in [2.05, 4.69) is 0 Å². The highest BCUT2D eigenvalue weighted by atomic mass is 16.6. The van der Waals surface area contributed by atoms with E-state index in [9.17, 15) is 9.59 Å². The van der Waals surface area contributed by atoms with E-state index in [-0.39, 0.29) is 11.9 Å². The summed E-state index contributed by atoms with van der Waals surface area (Å²) in [5.74, 6) is -0.165. The molecule has 2 unspecified atom stereocenters. The fourth-order valence-electron chi connectivity index (χ4n) is 2.48. The van der Waals surface area contributed by atoms with Crippen LogP contribution in [-0.2, 0) is 14.3 Å². The lowest BCUT2D eigenvalue weighted by atomic mass is 9.78. The second kappa shape index (κ2) is 6.36. The molecule has 0 radical (unpaired) electrons. The van der Waals surface area contributed by atoms with E-state index in [1.54, 1.807) is 0 Å². The van der Waals surface area contributed by atoms with Crippen LogP contribution in [0.15, 0.2) is 12.2 Å². The molecule has 3 heteroatoms. The van der Waals surface area contributed by atoms with Crippen molar-refractivity contribution in [2.24, 2.45) is 11.3 Å². The Bertz CT molecular complexity index is 357. The van der Waals surface area contributed by atoms with Crippen LogP contribution in [0, 0.1) is 11.3 Å². The first-order valence-electron chi connectivity index (χ1n) is 7.22. The zero-order valence-electron chi connectivity index (χ0n) is 12.6. The van der Waals surface area contributed by atoms with Gasteiger partial charge in [-0.25, -0.2) is 0 Å². The number of hydrogen-bond donors (Lipinski definition) is 0. The molecule has 1 rings (SSSR count). The van der Waals surface area contributed by atoms with E-state index < -0.39 is 11.0 Å². The predicted molar refractivity (Wildman–Crippen MR) is 75.7 cm³/mol. The van der Waals surface area contributed by atoms with Crippen molar-refractivity contribution in [3.8, 4) is 0 Å². The summed E-state index contributed by atoms with van der Waals surface area (Å²) in [6.45, 7) is 7.71. The largest absolute Gasteiger partial charge is 0.454 e. The molecule has 19 heavy (non-hydrogen) atoms. The maximum Gasteiger partial charge on any atom is 0.312 e. The molecule has 0 spiro atoms. The van der Waals surface area contributed by atoms with Crippen LogP contribution in [0.4, 0.5) is 0 Å². The minimum Gasteiger partial charge on any atom is -0.454 e. The number of esters is 1. The third-order valence-electron chi connectivity index (χ3n) is 4.18. The number of carbonyl (C=O) groups is 2. The lowest BCUT2D eigenvalue weighted by molar-refractivity contribution is -0.170. The smallest absolute Gasteiger partial charge is 0.312 e. The van der Waals surface area contributed by atoms with Gasteiger partial charge in [0.1, 0.15) is 11.9 Å². The van der Waals surface area contributed by atoms with Crippen molar-refractivity contribution in [3.63, 3.8) is 0 Å². The Morgan fingerprint density at radius 1 is 1.47 bits per heavy atom. The Hall–Kier alpha value is -1.12. The van der Waals surface area contributed by atoms with Crippen molar-refractivity contribution in [2.75, 3.05) is 0 Å². The number of ether oxygens (including phenoxy) is 1. The molecular formula is C16H26O3. The third-order valence-corrected chi connectivity index (χ3v) is 4.18. The van der Waals surface area contributed by atoms with Gasteiger partial charge in [-0.3, -0.25) is 4.79 Å². The van der Waals surface area contributed by atoms with Gasteiger partial charge in [0.25, 0.3) is 0 Å². The molecule has 0 aliphatic heterocycles. The Labute approximate surface area is 116 Å². The summed E-state index contributed by atoms with van der Waals surface area (Å²) in [5.41, 5.74) is -1.05. The van der Waals surface area contributed by atoms with Gasteiger partial charge in [-0.2, -0.15) is 0 Å². The summed E-state index contributed by atoms with van der Waals surface area (Å²) in [6.07, 6.45) is 8.86. The number of hydrogen-bond acceptors (Lipinski definition) is 3. The maximum absolute atomic E-state index is 12.3. The number of allylic oxidation sites excluding steroid dienone is 1. The van der Waals surface area contributed by atoms with Crippen molar-refractivity contribution in [1.82, 2.24) is 0 Å². The number of aldehydes is 1. The normalized spacial score (nSPS) is 28.3. The minimum absolute atomic E-state index is 0.00230. The zero-order valence-corrected chi connectivity index (χ0v) is 12.6. The predicted octanol–water partition coefficient (Wildman–Crippen LogP) is 3.67. The van der Waals surface area contributed by atoms with Crippen LogP contribution in [0.2, 0.25) is 0 Å². The van der Waals surface area contributed by atoms with Crippen molar-refractivity contribution in [1.29, 1.82) is 0 Å². The Morgan fingerprint density at radius 3 is 2.68 bits per heavy atom. The summed E-state index contributed by atoms with van der Waals surface area (Å²) in [5, 5.41) is 0. The molecule has 0 aromatic carbocycles. The molecule has 1 fully saturated rings. The van der Waals surface area contributed by atoms with Crippen molar-refractivity contribution >= 4 is 12.3 Å². The summed E-state index contributed by atoms with van der Waals surface area (Å²) >= 11 is 0. The molecule has 2 atom stereocenters. The monoisotopic (exact) mass is 266 g/mol. The molecule has 0 bridgehead atoms. The van der Waals surface area contributed by atoms with E-state index in [1.165, 1.54) is 0 Å². The summed E-state index contributed by atoms with van der Waals surface area (Å²) < 4.78 is 5.82. The van der Waals surface area contributed by atoms with E-state index in [0.29, 0.717) is 6.42 Å². The van der Waals surface area contributed by atoms with Gasteiger partial charge in [-0.1, -0.05) is 13.0 Å². The standard InChI is InChI=1S/C16H26O3/c1-5-9-16(10-7-8-13(11-16)12-17)19-14(18)15(3,4)6-2/h5,9,12-13H,6-8,10-11H2,1-4H3/b9-5+. The van der Waals surface area contributed by atoms with Crippen LogP contribution in [0.5, 0.6) is 0 Å². The molecule has 0 amide bonds. The average molecular weight is 266 g/mol. The highest BCUT2D eigenvalue weighted by Gasteiger charge is 2.40. The first-order chi connectivity index (χ1) is 8.89. The Kier molecular flexibility index (Phi) is 5.33. The lowest BCUT2D eigenvalue weighted by Gasteiger charge is -2.38. The molecule has 1 aliphatic carbocycles. The third kappa shape index (κ3) is 3.92. The first kappa shape index (κ1) is 15.9. The van der Waals surface area contributed by atoms with Crippen molar-refractivity contribution in [3.05, 3.63) is 12.2 Å². The molecule has 3 nitrogen and oxygen atoms in total. The van der Waals surface area contributed by atoms with Gasteiger partial charge in [0.2, 0.25) is 0 Å². The van der Waals surface area contributed by atoms with E-state index >= 15 is 0 Å². The van der Waals surface area contributed by atoms with E-state index in [4.69, 9.17) is 4.74 Å². The minimum atomic E-state index is -0.581. The molecule has 0 aromatic rings. The maximum atomic E-state index is 12.3. The van der Waals surface area contributed by atoms with Crippen LogP contribution in [-0.4, -0.2) is 17.9 Å². The van der Waals surface area contributed by atoms with Crippen molar-refractivity contribution < 1.29 is 14.3 Å². The fraction of sp³-hybridized carbons (Fsp3) is 0.750. The average Bonchev–Trinajstić information content (AvgIpc) is 2.39. The Balaban J connectivity index is 2.88. The molecule has 0 heterocycles. The highest BCUT2D eigenvalue weighted by molar-refractivity contribution is 5.76. The molecular weight excluding hydrogens is 240 g/mol. The van der Waals surface area contributed by atoms with Gasteiger partial charge >= 0.3 is 5.97 Å². The van der Waals surface area contributed by atoms with Crippen molar-refractivity contribution in [2.45, 2.75) is 65.4 Å². The van der Waals surface area contributed by atoms with Gasteiger partial charge in [-0.15, -0.1) is 0 Å². The molecule has 1 saturated carbocycles. The molecule has 1 aliphatic rings. The van der Waals surface area contributed by atoms with E-state index in [1.807, 2.05) is 39.8 Å². The summed E-state index contributed by atoms with van der Waals surface area (Å²) in [6, 6.07) is 0. The Morgan fingerprint density at radius 2 is 2.16 bits per heavy atom. The van der Waals surface area contributed by atoms with Gasteiger partial charge in [0.05, 0.1) is 5.41 Å². The van der Waals surface area contributed by atoms with Gasteiger partial charge < -0.3 is 9.53 Å². The molecule has 0 N–H and O–H groups in total. The van der Waals surface area contributed by atoms with Crippen LogP contribution in [0.1, 0.15) is 59.8 Å². The molecule has 108 valence electrons. The topological polar surface area (TPSA) is 43.4 Å². The quantitative estimate of drug-likeness (QED) is 0.433. The summed E-state index contributed by atoms with van der Waals surface area (Å²) in [4.78, 5) is 23.3. The fourth-order valence-corrected chi connectivity index (χ4v) is 2.48. The number of carbonyl (C=O) groups excluding carboxylic acids is 2. The van der Waals surface area contributed by atoms with Gasteiger partial charge in [0.15, 0.2) is 0 Å². The second-order valence-corrected chi connectivity index (χ2v) is 6.18. The number of rotatable bonds is 5. The summed E-state index contributed by atoms with van der Waals surface area (Å²) in [7, 11) is 0. The molecule has 0 saturated heterocycles. The van der Waals surface area contributed by atoms with Gasteiger partial charge in [-0.05, 0) is 52.5 Å². The highest BCUT2D eigenvalue weighted by Crippen LogP contribution is 2.38. The van der Waals surface area contributed by atoms with Crippen LogP contribution < -0.4 is 0 Å². The van der Waals surface area contributed by atoms with Gasteiger partial charge in [0, 0.05) is 12.3 Å². The first-order valence-corrected chi connectivity index (χ1v) is 7.22. The van der Waals surface area contributed by atoms with E-state index in [0.717, 1.165) is 32.0 Å². The van der Waals surface area contributed by atoms with Crippen LogP contribution in [0.3, 0.4) is 0 Å². The zero-order chi connectivity index (χ0) is 14.5. The van der Waals surface area contributed by atoms with Crippen LogP contribution >= 0.6 is 0 Å². The molecule has 0 aromatic heterocycles. The SMILES string of the molecule is C/C=C/C1(OC(=O)C(C)(C)CC)CCCC(C=O)C1. The second-order valence-electron chi connectivity index (χ2n) is 6.18. The van der Waals surface area contributed by atoms with Crippen LogP contribution in [0.25, 0.3) is 0 Å². The lowest BCUT2D eigenvalue weighted by Crippen LogP contribution is -2.42.